The number of aryl methyl sites for hydroxylation is 1. The second-order valence-electron chi connectivity index (χ2n) is 4.99. The third kappa shape index (κ3) is 4.13. The zero-order chi connectivity index (χ0) is 12.9. The minimum atomic E-state index is -0.0632. The molecule has 17 heavy (non-hydrogen) atoms. The van der Waals surface area contributed by atoms with Crippen LogP contribution >= 0.6 is 0 Å². The molecule has 0 saturated heterocycles. The van der Waals surface area contributed by atoms with Crippen molar-refractivity contribution in [3.63, 3.8) is 0 Å². The van der Waals surface area contributed by atoms with Crippen LogP contribution in [0.25, 0.3) is 0 Å². The van der Waals surface area contributed by atoms with Gasteiger partial charge < -0.3 is 10.1 Å². The zero-order valence-electron chi connectivity index (χ0n) is 11.7. The van der Waals surface area contributed by atoms with Gasteiger partial charge in [0.05, 0.1) is 11.3 Å². The molecule has 0 amide bonds. The fourth-order valence-corrected chi connectivity index (χ4v) is 1.92. The molecule has 1 rings (SSSR count). The summed E-state index contributed by atoms with van der Waals surface area (Å²) in [5, 5.41) is 7.74. The fraction of sp³-hybridized carbons (Fsp3) is 0.769. The summed E-state index contributed by atoms with van der Waals surface area (Å²) in [7, 11) is 3.76. The van der Waals surface area contributed by atoms with Gasteiger partial charge in [-0.1, -0.05) is 6.92 Å². The van der Waals surface area contributed by atoms with Crippen LogP contribution in [0.2, 0.25) is 0 Å². The molecule has 0 radical (unpaired) electrons. The van der Waals surface area contributed by atoms with Crippen LogP contribution in [0.4, 0.5) is 0 Å². The van der Waals surface area contributed by atoms with Crippen molar-refractivity contribution in [2.24, 2.45) is 7.05 Å². The highest BCUT2D eigenvalue weighted by Gasteiger charge is 2.21. The van der Waals surface area contributed by atoms with Crippen LogP contribution < -0.4 is 5.32 Å². The average molecular weight is 239 g/mol. The van der Waals surface area contributed by atoms with E-state index in [4.69, 9.17) is 4.74 Å². The maximum absolute atomic E-state index is 5.46. The number of rotatable bonds is 7. The highest BCUT2D eigenvalue weighted by molar-refractivity contribution is 5.06. The first-order valence-electron chi connectivity index (χ1n) is 6.26. The van der Waals surface area contributed by atoms with Crippen molar-refractivity contribution in [1.82, 2.24) is 15.1 Å². The van der Waals surface area contributed by atoms with Gasteiger partial charge in [-0.2, -0.15) is 5.10 Å². The van der Waals surface area contributed by atoms with Gasteiger partial charge in [0, 0.05) is 26.4 Å². The van der Waals surface area contributed by atoms with E-state index in [-0.39, 0.29) is 5.60 Å². The SMILES string of the molecule is CCNC(CCC(C)(C)OC)c1ccnn1C. The lowest BCUT2D eigenvalue weighted by Crippen LogP contribution is -2.28. The second-order valence-corrected chi connectivity index (χ2v) is 4.99. The molecule has 1 aromatic rings. The summed E-state index contributed by atoms with van der Waals surface area (Å²) in [5.41, 5.74) is 1.17. The van der Waals surface area contributed by atoms with Crippen molar-refractivity contribution in [3.05, 3.63) is 18.0 Å². The van der Waals surface area contributed by atoms with Crippen LogP contribution in [0.1, 0.15) is 45.3 Å². The Morgan fingerprint density at radius 2 is 2.24 bits per heavy atom. The van der Waals surface area contributed by atoms with E-state index in [1.165, 1.54) is 5.69 Å². The van der Waals surface area contributed by atoms with Crippen molar-refractivity contribution < 1.29 is 4.74 Å². The summed E-state index contributed by atoms with van der Waals surface area (Å²) in [4.78, 5) is 0. The Morgan fingerprint density at radius 3 is 2.71 bits per heavy atom. The molecule has 0 spiro atoms. The molecule has 0 aliphatic heterocycles. The van der Waals surface area contributed by atoms with Gasteiger partial charge >= 0.3 is 0 Å². The summed E-state index contributed by atoms with van der Waals surface area (Å²) in [6.45, 7) is 7.34. The van der Waals surface area contributed by atoms with Gasteiger partial charge in [-0.15, -0.1) is 0 Å². The molecule has 0 saturated carbocycles. The molecule has 4 heteroatoms. The van der Waals surface area contributed by atoms with Crippen LogP contribution in [-0.2, 0) is 11.8 Å². The lowest BCUT2D eigenvalue weighted by Gasteiger charge is -2.26. The van der Waals surface area contributed by atoms with E-state index in [0.29, 0.717) is 6.04 Å². The van der Waals surface area contributed by atoms with Gasteiger partial charge in [0.15, 0.2) is 0 Å². The first-order chi connectivity index (χ1) is 8.00. The highest BCUT2D eigenvalue weighted by atomic mass is 16.5. The Labute approximate surface area is 104 Å². The van der Waals surface area contributed by atoms with Crippen molar-refractivity contribution >= 4 is 0 Å². The first-order valence-corrected chi connectivity index (χ1v) is 6.26. The number of aromatic nitrogens is 2. The molecule has 4 nitrogen and oxygen atoms in total. The molecule has 1 aromatic heterocycles. The molecule has 0 bridgehead atoms. The predicted molar refractivity (Wildman–Crippen MR) is 69.9 cm³/mol. The van der Waals surface area contributed by atoms with E-state index in [0.717, 1.165) is 19.4 Å². The molecule has 1 unspecified atom stereocenters. The van der Waals surface area contributed by atoms with Gasteiger partial charge in [-0.05, 0) is 39.3 Å². The van der Waals surface area contributed by atoms with E-state index in [9.17, 15) is 0 Å². The lowest BCUT2D eigenvalue weighted by atomic mass is 9.97. The third-order valence-corrected chi connectivity index (χ3v) is 3.25. The normalized spacial score (nSPS) is 13.9. The van der Waals surface area contributed by atoms with Crippen LogP contribution in [-0.4, -0.2) is 29.0 Å². The lowest BCUT2D eigenvalue weighted by molar-refractivity contribution is 0.0115. The van der Waals surface area contributed by atoms with Crippen LogP contribution in [0.3, 0.4) is 0 Å². The van der Waals surface area contributed by atoms with Gasteiger partial charge in [-0.3, -0.25) is 4.68 Å². The Bertz CT molecular complexity index is 333. The van der Waals surface area contributed by atoms with Crippen molar-refractivity contribution in [3.8, 4) is 0 Å². The molecule has 0 aliphatic carbocycles. The third-order valence-electron chi connectivity index (χ3n) is 3.25. The number of methoxy groups -OCH3 is 1. The van der Waals surface area contributed by atoms with E-state index in [1.807, 2.05) is 17.9 Å². The topological polar surface area (TPSA) is 39.1 Å². The zero-order valence-corrected chi connectivity index (χ0v) is 11.7. The number of hydrogen-bond acceptors (Lipinski definition) is 3. The molecular formula is C13H25N3O. The quantitative estimate of drug-likeness (QED) is 0.793. The minimum Gasteiger partial charge on any atom is -0.379 e. The van der Waals surface area contributed by atoms with Gasteiger partial charge in [0.1, 0.15) is 0 Å². The molecule has 1 heterocycles. The molecule has 1 N–H and O–H groups in total. The standard InChI is InChI=1S/C13H25N3O/c1-6-14-11(7-9-13(2,3)17-5)12-8-10-15-16(12)4/h8,10-11,14H,6-7,9H2,1-5H3. The summed E-state index contributed by atoms with van der Waals surface area (Å²) in [5.74, 6) is 0. The number of ether oxygens (including phenoxy) is 1. The molecule has 1 atom stereocenters. The Balaban J connectivity index is 2.65. The van der Waals surface area contributed by atoms with Crippen molar-refractivity contribution in [2.45, 2.75) is 45.3 Å². The molecule has 0 aliphatic rings. The van der Waals surface area contributed by atoms with Crippen molar-refractivity contribution in [2.75, 3.05) is 13.7 Å². The maximum atomic E-state index is 5.46. The maximum Gasteiger partial charge on any atom is 0.0623 e. The van der Waals surface area contributed by atoms with E-state index in [2.05, 4.69) is 37.3 Å². The summed E-state index contributed by atoms with van der Waals surface area (Å²) < 4.78 is 7.40. The van der Waals surface area contributed by atoms with Crippen molar-refractivity contribution in [1.29, 1.82) is 0 Å². The second kappa shape index (κ2) is 6.17. The van der Waals surface area contributed by atoms with E-state index < -0.39 is 0 Å². The van der Waals surface area contributed by atoms with Gasteiger partial charge in [-0.25, -0.2) is 0 Å². The molecule has 0 aromatic carbocycles. The number of nitrogens with one attached hydrogen (secondary N) is 1. The predicted octanol–water partition coefficient (Wildman–Crippen LogP) is 2.28. The minimum absolute atomic E-state index is 0.0632. The van der Waals surface area contributed by atoms with Crippen LogP contribution in [0, 0.1) is 0 Å². The summed E-state index contributed by atoms with van der Waals surface area (Å²) in [6.07, 6.45) is 3.92. The van der Waals surface area contributed by atoms with Gasteiger partial charge in [0.2, 0.25) is 0 Å². The molecular weight excluding hydrogens is 214 g/mol. The first kappa shape index (κ1) is 14.2. The van der Waals surface area contributed by atoms with E-state index >= 15 is 0 Å². The molecule has 98 valence electrons. The Hall–Kier alpha value is -0.870. The number of nitrogens with zero attached hydrogens (tertiary/aromatic N) is 2. The summed E-state index contributed by atoms with van der Waals surface area (Å²) >= 11 is 0. The average Bonchev–Trinajstić information content (AvgIpc) is 2.71. The van der Waals surface area contributed by atoms with Crippen LogP contribution in [0.5, 0.6) is 0 Å². The van der Waals surface area contributed by atoms with Crippen LogP contribution in [0.15, 0.2) is 12.3 Å². The Morgan fingerprint density at radius 1 is 1.53 bits per heavy atom. The number of hydrogen-bond donors (Lipinski definition) is 1. The smallest absolute Gasteiger partial charge is 0.0623 e. The van der Waals surface area contributed by atoms with E-state index in [1.54, 1.807) is 7.11 Å². The summed E-state index contributed by atoms with van der Waals surface area (Å²) in [6, 6.07) is 2.43. The Kier molecular flexibility index (Phi) is 5.15. The molecule has 0 fully saturated rings. The highest BCUT2D eigenvalue weighted by Crippen LogP contribution is 2.23. The largest absolute Gasteiger partial charge is 0.379 e. The fourth-order valence-electron chi connectivity index (χ4n) is 1.92. The van der Waals surface area contributed by atoms with Gasteiger partial charge in [0.25, 0.3) is 0 Å². The monoisotopic (exact) mass is 239 g/mol.